The van der Waals surface area contributed by atoms with Crippen LogP contribution in [0.1, 0.15) is 36.6 Å². The van der Waals surface area contributed by atoms with Gasteiger partial charge in [0.25, 0.3) is 0 Å². The first-order chi connectivity index (χ1) is 10.2. The van der Waals surface area contributed by atoms with Crippen molar-refractivity contribution in [2.24, 2.45) is 0 Å². The summed E-state index contributed by atoms with van der Waals surface area (Å²) in [5.41, 5.74) is 3.51. The monoisotopic (exact) mass is 284 g/mol. The number of aryl methyl sites for hydroxylation is 2. The average molecular weight is 284 g/mol. The van der Waals surface area contributed by atoms with Crippen LogP contribution < -0.4 is 10.1 Å². The normalized spacial score (nSPS) is 10.6. The van der Waals surface area contributed by atoms with Crippen LogP contribution in [0, 0.1) is 6.92 Å². The number of nitrogens with zero attached hydrogens (tertiary/aromatic N) is 1. The summed E-state index contributed by atoms with van der Waals surface area (Å²) in [7, 11) is 1.94. The van der Waals surface area contributed by atoms with Crippen LogP contribution in [-0.2, 0) is 13.0 Å². The molecule has 3 nitrogen and oxygen atoms in total. The standard InChI is InChI=1S/C18H24N2O/c1-4-5-6-15-7-9-17(10-8-15)21-18-12-16(13-19-3)11-14(2)20-18/h7-12,19H,4-6,13H2,1-3H3. The minimum absolute atomic E-state index is 0.654. The van der Waals surface area contributed by atoms with Gasteiger partial charge in [-0.2, -0.15) is 0 Å². The first-order valence-electron chi connectivity index (χ1n) is 7.60. The Morgan fingerprint density at radius 3 is 2.52 bits per heavy atom. The molecule has 3 heteroatoms. The highest BCUT2D eigenvalue weighted by Crippen LogP contribution is 2.22. The lowest BCUT2D eigenvalue weighted by molar-refractivity contribution is 0.460. The predicted molar refractivity (Wildman–Crippen MR) is 86.9 cm³/mol. The quantitative estimate of drug-likeness (QED) is 0.825. The molecule has 0 aliphatic carbocycles. The molecule has 1 aromatic heterocycles. The summed E-state index contributed by atoms with van der Waals surface area (Å²) in [6.45, 7) is 5.01. The van der Waals surface area contributed by atoms with E-state index in [1.54, 1.807) is 0 Å². The van der Waals surface area contributed by atoms with Crippen LogP contribution in [0.25, 0.3) is 0 Å². The van der Waals surface area contributed by atoms with Crippen molar-refractivity contribution in [3.8, 4) is 11.6 Å². The number of hydrogen-bond acceptors (Lipinski definition) is 3. The second kappa shape index (κ2) is 7.79. The summed E-state index contributed by atoms with van der Waals surface area (Å²) in [5, 5.41) is 3.15. The molecule has 2 aromatic rings. The summed E-state index contributed by atoms with van der Waals surface area (Å²) in [5.74, 6) is 1.49. The van der Waals surface area contributed by atoms with Gasteiger partial charge in [-0.15, -0.1) is 0 Å². The first-order valence-corrected chi connectivity index (χ1v) is 7.60. The lowest BCUT2D eigenvalue weighted by atomic mass is 10.1. The highest BCUT2D eigenvalue weighted by molar-refractivity contribution is 5.32. The summed E-state index contributed by atoms with van der Waals surface area (Å²) in [4.78, 5) is 4.43. The van der Waals surface area contributed by atoms with Gasteiger partial charge in [0.1, 0.15) is 5.75 Å². The number of benzene rings is 1. The molecule has 0 spiro atoms. The van der Waals surface area contributed by atoms with Gasteiger partial charge >= 0.3 is 0 Å². The molecule has 2 rings (SSSR count). The van der Waals surface area contributed by atoms with Crippen molar-refractivity contribution < 1.29 is 4.74 Å². The Balaban J connectivity index is 2.07. The highest BCUT2D eigenvalue weighted by Gasteiger charge is 2.03. The van der Waals surface area contributed by atoms with Crippen LogP contribution in [0.15, 0.2) is 36.4 Å². The molecule has 0 atom stereocenters. The van der Waals surface area contributed by atoms with Crippen molar-refractivity contribution >= 4 is 0 Å². The van der Waals surface area contributed by atoms with Crippen molar-refractivity contribution in [1.29, 1.82) is 0 Å². The zero-order valence-electron chi connectivity index (χ0n) is 13.1. The summed E-state index contributed by atoms with van der Waals surface area (Å²) < 4.78 is 5.87. The Morgan fingerprint density at radius 1 is 1.10 bits per heavy atom. The van der Waals surface area contributed by atoms with Gasteiger partial charge in [0, 0.05) is 18.3 Å². The van der Waals surface area contributed by atoms with Gasteiger partial charge in [0.15, 0.2) is 0 Å². The van der Waals surface area contributed by atoms with Gasteiger partial charge in [-0.1, -0.05) is 25.5 Å². The molecular weight excluding hydrogens is 260 g/mol. The van der Waals surface area contributed by atoms with Crippen molar-refractivity contribution in [2.75, 3.05) is 7.05 Å². The lowest BCUT2D eigenvalue weighted by Gasteiger charge is -2.09. The minimum atomic E-state index is 0.654. The van der Waals surface area contributed by atoms with E-state index in [-0.39, 0.29) is 0 Å². The van der Waals surface area contributed by atoms with Crippen LogP contribution in [0.3, 0.4) is 0 Å². The van der Waals surface area contributed by atoms with Crippen molar-refractivity contribution in [3.05, 3.63) is 53.2 Å². The van der Waals surface area contributed by atoms with E-state index in [9.17, 15) is 0 Å². The van der Waals surface area contributed by atoms with E-state index in [2.05, 4.69) is 35.4 Å². The van der Waals surface area contributed by atoms with Crippen LogP contribution in [0.5, 0.6) is 11.6 Å². The van der Waals surface area contributed by atoms with E-state index >= 15 is 0 Å². The third-order valence-corrected chi connectivity index (χ3v) is 3.34. The number of hydrogen-bond donors (Lipinski definition) is 1. The maximum absolute atomic E-state index is 5.87. The van der Waals surface area contributed by atoms with E-state index in [1.807, 2.05) is 32.2 Å². The molecule has 0 unspecified atom stereocenters. The first kappa shape index (κ1) is 15.5. The Morgan fingerprint density at radius 2 is 1.86 bits per heavy atom. The zero-order valence-corrected chi connectivity index (χ0v) is 13.1. The molecule has 1 aromatic carbocycles. The molecule has 21 heavy (non-hydrogen) atoms. The molecule has 0 saturated heterocycles. The van der Waals surface area contributed by atoms with Gasteiger partial charge in [-0.05, 0) is 56.1 Å². The molecular formula is C18H24N2O. The fourth-order valence-corrected chi connectivity index (χ4v) is 2.29. The molecule has 1 heterocycles. The van der Waals surface area contributed by atoms with E-state index in [4.69, 9.17) is 4.74 Å². The van der Waals surface area contributed by atoms with Gasteiger partial charge in [-0.25, -0.2) is 4.98 Å². The molecule has 0 bridgehead atoms. The number of rotatable bonds is 7. The fourth-order valence-electron chi connectivity index (χ4n) is 2.29. The predicted octanol–water partition coefficient (Wildman–Crippen LogP) is 4.24. The third kappa shape index (κ3) is 4.87. The molecule has 0 saturated carbocycles. The molecule has 1 N–H and O–H groups in total. The maximum atomic E-state index is 5.87. The second-order valence-electron chi connectivity index (χ2n) is 5.33. The van der Waals surface area contributed by atoms with E-state index in [0.717, 1.165) is 24.4 Å². The summed E-state index contributed by atoms with van der Waals surface area (Å²) >= 11 is 0. The Labute approximate surface area is 127 Å². The zero-order chi connectivity index (χ0) is 15.1. The average Bonchev–Trinajstić information content (AvgIpc) is 2.46. The molecule has 0 radical (unpaired) electrons. The minimum Gasteiger partial charge on any atom is -0.439 e. The van der Waals surface area contributed by atoms with Gasteiger partial charge in [-0.3, -0.25) is 0 Å². The molecule has 0 aliphatic heterocycles. The number of unbranched alkanes of at least 4 members (excludes halogenated alkanes) is 1. The fraction of sp³-hybridized carbons (Fsp3) is 0.389. The molecule has 0 fully saturated rings. The van der Waals surface area contributed by atoms with Gasteiger partial charge < -0.3 is 10.1 Å². The lowest BCUT2D eigenvalue weighted by Crippen LogP contribution is -2.06. The Kier molecular flexibility index (Phi) is 5.76. The number of nitrogens with one attached hydrogen (secondary N) is 1. The van der Waals surface area contributed by atoms with Crippen molar-refractivity contribution in [3.63, 3.8) is 0 Å². The van der Waals surface area contributed by atoms with E-state index < -0.39 is 0 Å². The van der Waals surface area contributed by atoms with Crippen LogP contribution in [0.2, 0.25) is 0 Å². The van der Waals surface area contributed by atoms with Crippen LogP contribution in [0.4, 0.5) is 0 Å². The van der Waals surface area contributed by atoms with E-state index in [0.29, 0.717) is 5.88 Å². The highest BCUT2D eigenvalue weighted by atomic mass is 16.5. The number of pyridine rings is 1. The Hall–Kier alpha value is -1.87. The number of aromatic nitrogens is 1. The number of ether oxygens (including phenoxy) is 1. The third-order valence-electron chi connectivity index (χ3n) is 3.34. The largest absolute Gasteiger partial charge is 0.439 e. The topological polar surface area (TPSA) is 34.1 Å². The van der Waals surface area contributed by atoms with E-state index in [1.165, 1.54) is 24.0 Å². The molecule has 0 aliphatic rings. The van der Waals surface area contributed by atoms with Crippen molar-refractivity contribution in [2.45, 2.75) is 39.7 Å². The SMILES string of the molecule is CCCCc1ccc(Oc2cc(CNC)cc(C)n2)cc1. The van der Waals surface area contributed by atoms with Crippen LogP contribution in [-0.4, -0.2) is 12.0 Å². The Bertz CT molecular complexity index is 564. The van der Waals surface area contributed by atoms with Gasteiger partial charge in [0.05, 0.1) is 0 Å². The maximum Gasteiger partial charge on any atom is 0.219 e. The van der Waals surface area contributed by atoms with Gasteiger partial charge in [0.2, 0.25) is 5.88 Å². The molecule has 0 amide bonds. The summed E-state index contributed by atoms with van der Waals surface area (Å²) in [6.07, 6.45) is 3.58. The smallest absolute Gasteiger partial charge is 0.219 e. The van der Waals surface area contributed by atoms with Crippen molar-refractivity contribution in [1.82, 2.24) is 10.3 Å². The second-order valence-corrected chi connectivity index (χ2v) is 5.33. The van der Waals surface area contributed by atoms with Crippen LogP contribution >= 0.6 is 0 Å². The molecule has 112 valence electrons. The summed E-state index contributed by atoms with van der Waals surface area (Å²) in [6, 6.07) is 12.4.